The molecular formula is C22H26ClN3O4. The van der Waals surface area contributed by atoms with E-state index in [9.17, 15) is 19.5 Å². The second kappa shape index (κ2) is 8.70. The summed E-state index contributed by atoms with van der Waals surface area (Å²) in [4.78, 5) is 41.6. The summed E-state index contributed by atoms with van der Waals surface area (Å²) >= 11 is 6.10. The number of carbonyl (C=O) groups is 2. The van der Waals surface area contributed by atoms with E-state index in [1.807, 2.05) is 0 Å². The van der Waals surface area contributed by atoms with Crippen LogP contribution < -0.4 is 10.9 Å². The van der Waals surface area contributed by atoms with Crippen molar-refractivity contribution >= 4 is 29.0 Å². The number of anilines is 1. The van der Waals surface area contributed by atoms with Gasteiger partial charge >= 0.3 is 0 Å². The van der Waals surface area contributed by atoms with E-state index in [2.05, 4.69) is 10.3 Å². The zero-order valence-corrected chi connectivity index (χ0v) is 18.1. The number of ketones is 1. The summed E-state index contributed by atoms with van der Waals surface area (Å²) in [6, 6.07) is 6.38. The fourth-order valence-corrected chi connectivity index (χ4v) is 3.25. The van der Waals surface area contributed by atoms with Gasteiger partial charge in [-0.1, -0.05) is 11.6 Å². The van der Waals surface area contributed by atoms with Crippen LogP contribution in [0.4, 0.5) is 5.69 Å². The van der Waals surface area contributed by atoms with Crippen LogP contribution in [0.5, 0.6) is 0 Å². The van der Waals surface area contributed by atoms with Crippen LogP contribution in [0.1, 0.15) is 45.4 Å². The number of benzene rings is 1. The zero-order valence-electron chi connectivity index (χ0n) is 17.4. The average molecular weight is 432 g/mol. The summed E-state index contributed by atoms with van der Waals surface area (Å²) in [6.45, 7) is 4.84. The smallest absolute Gasteiger partial charge is 0.254 e. The van der Waals surface area contributed by atoms with Gasteiger partial charge in [-0.15, -0.1) is 0 Å². The predicted octanol–water partition coefficient (Wildman–Crippen LogP) is 3.34. The number of nitrogens with one attached hydrogen (secondary N) is 1. The second-order valence-electron chi connectivity index (χ2n) is 8.42. The molecule has 1 heterocycles. The Hall–Kier alpha value is -2.51. The van der Waals surface area contributed by atoms with Gasteiger partial charge in [-0.25, -0.2) is 4.98 Å². The lowest BCUT2D eigenvalue weighted by Crippen LogP contribution is -2.28. The molecule has 2 N–H and O–H groups in total. The lowest BCUT2D eigenvalue weighted by atomic mass is 10.0. The van der Waals surface area contributed by atoms with Gasteiger partial charge < -0.3 is 10.4 Å². The highest BCUT2D eigenvalue weighted by atomic mass is 35.5. The minimum Gasteiger partial charge on any atom is -0.390 e. The summed E-state index contributed by atoms with van der Waals surface area (Å²) < 4.78 is 1.31. The van der Waals surface area contributed by atoms with Gasteiger partial charge in [0, 0.05) is 29.0 Å². The summed E-state index contributed by atoms with van der Waals surface area (Å²) in [5.74, 6) is 0.194. The first kappa shape index (κ1) is 22.2. The third-order valence-electron chi connectivity index (χ3n) is 5.01. The standard InChI is InChI=1S/C22H26ClN3O4/c1-13-24-19(11-20(28)26(13)12-16(27)8-9-22(2,3)30)17-7-6-15(23)10-18(17)25-21(29)14-4-5-14/h6-7,10-11,14,30H,4-5,8-9,12H2,1-3H3,(H,25,29). The molecule has 1 fully saturated rings. The first-order valence-electron chi connectivity index (χ1n) is 9.97. The molecule has 2 aromatic rings. The molecule has 0 spiro atoms. The maximum atomic E-state index is 12.7. The van der Waals surface area contributed by atoms with Gasteiger partial charge in [-0.05, 0) is 58.2 Å². The van der Waals surface area contributed by atoms with E-state index in [-0.39, 0.29) is 36.1 Å². The lowest BCUT2D eigenvalue weighted by Gasteiger charge is -2.17. The van der Waals surface area contributed by atoms with Crippen molar-refractivity contribution in [2.75, 3.05) is 5.32 Å². The van der Waals surface area contributed by atoms with Gasteiger partial charge in [0.2, 0.25) is 5.91 Å². The first-order valence-corrected chi connectivity index (χ1v) is 10.3. The van der Waals surface area contributed by atoms with Crippen LogP contribution in [-0.2, 0) is 16.1 Å². The van der Waals surface area contributed by atoms with Crippen LogP contribution in [0, 0.1) is 12.8 Å². The van der Waals surface area contributed by atoms with Gasteiger partial charge in [0.25, 0.3) is 5.56 Å². The van der Waals surface area contributed by atoms with Gasteiger partial charge in [-0.3, -0.25) is 19.0 Å². The molecule has 0 aliphatic heterocycles. The Balaban J connectivity index is 1.85. The number of hydrogen-bond donors (Lipinski definition) is 2. The van der Waals surface area contributed by atoms with E-state index >= 15 is 0 Å². The van der Waals surface area contributed by atoms with E-state index in [1.54, 1.807) is 39.0 Å². The lowest BCUT2D eigenvalue weighted by molar-refractivity contribution is -0.121. The molecule has 1 saturated carbocycles. The molecule has 7 nitrogen and oxygen atoms in total. The fourth-order valence-electron chi connectivity index (χ4n) is 3.08. The van der Waals surface area contributed by atoms with Crippen LogP contribution in [0.3, 0.4) is 0 Å². The summed E-state index contributed by atoms with van der Waals surface area (Å²) in [7, 11) is 0. The Morgan fingerprint density at radius 3 is 2.60 bits per heavy atom. The zero-order chi connectivity index (χ0) is 22.1. The van der Waals surface area contributed by atoms with Crippen molar-refractivity contribution < 1.29 is 14.7 Å². The van der Waals surface area contributed by atoms with E-state index in [1.165, 1.54) is 10.6 Å². The highest BCUT2D eigenvalue weighted by Crippen LogP contribution is 2.33. The molecule has 0 saturated heterocycles. The van der Waals surface area contributed by atoms with Crippen LogP contribution in [0.25, 0.3) is 11.3 Å². The van der Waals surface area contributed by atoms with Crippen LogP contribution in [-0.4, -0.2) is 31.9 Å². The number of aromatic nitrogens is 2. The van der Waals surface area contributed by atoms with E-state index in [4.69, 9.17) is 11.6 Å². The molecule has 3 rings (SSSR count). The minimum absolute atomic E-state index is 0.0226. The Kier molecular flexibility index (Phi) is 6.43. The maximum Gasteiger partial charge on any atom is 0.254 e. The molecular weight excluding hydrogens is 406 g/mol. The van der Waals surface area contributed by atoms with E-state index in [0.29, 0.717) is 34.2 Å². The summed E-state index contributed by atoms with van der Waals surface area (Å²) in [5, 5.41) is 13.1. The third-order valence-corrected chi connectivity index (χ3v) is 5.25. The number of rotatable bonds is 8. The third kappa shape index (κ3) is 5.77. The Bertz CT molecular complexity index is 1040. The SMILES string of the molecule is Cc1nc(-c2ccc(Cl)cc2NC(=O)C2CC2)cc(=O)n1CC(=O)CCC(C)(C)O. The van der Waals surface area contributed by atoms with Crippen LogP contribution in [0.15, 0.2) is 29.1 Å². The molecule has 1 aromatic heterocycles. The van der Waals surface area contributed by atoms with Crippen molar-refractivity contribution in [1.29, 1.82) is 0 Å². The molecule has 0 radical (unpaired) electrons. The highest BCUT2D eigenvalue weighted by Gasteiger charge is 2.30. The Labute approximate surface area is 180 Å². The molecule has 1 aliphatic carbocycles. The Morgan fingerprint density at radius 2 is 2.00 bits per heavy atom. The normalized spacial score (nSPS) is 13.9. The number of halogens is 1. The molecule has 160 valence electrons. The van der Waals surface area contributed by atoms with Crippen LogP contribution >= 0.6 is 11.6 Å². The average Bonchev–Trinajstić information content (AvgIpc) is 3.47. The van der Waals surface area contributed by atoms with Crippen molar-refractivity contribution in [1.82, 2.24) is 9.55 Å². The van der Waals surface area contributed by atoms with Crippen molar-refractivity contribution in [2.24, 2.45) is 5.92 Å². The topological polar surface area (TPSA) is 101 Å². The monoisotopic (exact) mass is 431 g/mol. The number of amides is 1. The Morgan fingerprint density at radius 1 is 1.30 bits per heavy atom. The predicted molar refractivity (Wildman–Crippen MR) is 116 cm³/mol. The highest BCUT2D eigenvalue weighted by molar-refractivity contribution is 6.31. The molecule has 1 amide bonds. The van der Waals surface area contributed by atoms with Crippen molar-refractivity contribution in [3.8, 4) is 11.3 Å². The number of Topliss-reactive ketones (excluding diaryl/α,β-unsaturated/α-hetero) is 1. The van der Waals surface area contributed by atoms with Crippen molar-refractivity contribution in [3.05, 3.63) is 45.5 Å². The van der Waals surface area contributed by atoms with Gasteiger partial charge in [0.05, 0.1) is 23.5 Å². The second-order valence-corrected chi connectivity index (χ2v) is 8.85. The maximum absolute atomic E-state index is 12.7. The van der Waals surface area contributed by atoms with Crippen molar-refractivity contribution in [3.63, 3.8) is 0 Å². The largest absolute Gasteiger partial charge is 0.390 e. The number of nitrogens with zero attached hydrogens (tertiary/aromatic N) is 2. The van der Waals surface area contributed by atoms with Crippen LogP contribution in [0.2, 0.25) is 5.02 Å². The molecule has 1 aromatic carbocycles. The summed E-state index contributed by atoms with van der Waals surface area (Å²) in [6.07, 6.45) is 2.24. The van der Waals surface area contributed by atoms with E-state index < -0.39 is 5.60 Å². The molecule has 30 heavy (non-hydrogen) atoms. The molecule has 0 bridgehead atoms. The van der Waals surface area contributed by atoms with Gasteiger partial charge in [0.1, 0.15) is 5.82 Å². The van der Waals surface area contributed by atoms with Gasteiger partial charge in [0.15, 0.2) is 5.78 Å². The van der Waals surface area contributed by atoms with Gasteiger partial charge in [-0.2, -0.15) is 0 Å². The quantitative estimate of drug-likeness (QED) is 0.667. The number of carbonyl (C=O) groups excluding carboxylic acids is 2. The molecule has 1 aliphatic rings. The minimum atomic E-state index is -0.937. The van der Waals surface area contributed by atoms with E-state index in [0.717, 1.165) is 12.8 Å². The molecule has 0 atom stereocenters. The molecule has 8 heteroatoms. The van der Waals surface area contributed by atoms with Crippen molar-refractivity contribution in [2.45, 2.75) is 58.6 Å². The first-order chi connectivity index (χ1) is 14.0. The summed E-state index contributed by atoms with van der Waals surface area (Å²) in [5.41, 5.74) is 0.205. The molecule has 0 unspecified atom stereocenters. The fraction of sp³-hybridized carbons (Fsp3) is 0.455. The number of aliphatic hydroxyl groups is 1. The number of aryl methyl sites for hydroxylation is 1. The number of hydrogen-bond acceptors (Lipinski definition) is 5.